The molecule has 0 fully saturated rings. The second kappa shape index (κ2) is 8.44. The van der Waals surface area contributed by atoms with E-state index < -0.39 is 11.9 Å². The summed E-state index contributed by atoms with van der Waals surface area (Å²) in [6, 6.07) is 16.9. The predicted octanol–water partition coefficient (Wildman–Crippen LogP) is 3.49. The molecule has 132 valence electrons. The molecule has 0 saturated carbocycles. The van der Waals surface area contributed by atoms with Gasteiger partial charge in [0.25, 0.3) is 5.91 Å². The van der Waals surface area contributed by atoms with E-state index in [1.54, 1.807) is 23.0 Å². The van der Waals surface area contributed by atoms with E-state index in [1.807, 2.05) is 42.5 Å². The number of halogens is 1. The molecular weight excluding hydrogens is 398 g/mol. The first-order chi connectivity index (χ1) is 12.6. The summed E-state index contributed by atoms with van der Waals surface area (Å²) in [5.41, 5.74) is 2.01. The van der Waals surface area contributed by atoms with E-state index in [-0.39, 0.29) is 6.61 Å². The number of rotatable bonds is 6. The first kappa shape index (κ1) is 17.9. The highest BCUT2D eigenvalue weighted by atomic mass is 79.9. The second-order valence-electron chi connectivity index (χ2n) is 5.54. The molecule has 1 aromatic heterocycles. The minimum atomic E-state index is -0.588. The Kier molecular flexibility index (Phi) is 5.80. The lowest BCUT2D eigenvalue weighted by molar-refractivity contribution is -0.119. The average Bonchev–Trinajstić information content (AvgIpc) is 3.11. The Morgan fingerprint density at radius 2 is 1.81 bits per heavy atom. The summed E-state index contributed by atoms with van der Waals surface area (Å²) in [5, 5.41) is 6.80. The molecule has 3 rings (SSSR count). The molecule has 6 nitrogen and oxygen atoms in total. The Balaban J connectivity index is 1.50. The SMILES string of the molecule is O=C(COC(=O)c1cnn(Cc2ccccc2)c1)Nc1ccc(Br)cc1. The molecule has 0 spiro atoms. The number of hydrogen-bond donors (Lipinski definition) is 1. The smallest absolute Gasteiger partial charge is 0.341 e. The van der Waals surface area contributed by atoms with Crippen LogP contribution in [0.5, 0.6) is 0 Å². The number of nitrogens with one attached hydrogen (secondary N) is 1. The quantitative estimate of drug-likeness (QED) is 0.627. The molecule has 0 aliphatic carbocycles. The van der Waals surface area contributed by atoms with E-state index in [0.29, 0.717) is 17.8 Å². The van der Waals surface area contributed by atoms with Gasteiger partial charge >= 0.3 is 5.97 Å². The molecule has 3 aromatic rings. The van der Waals surface area contributed by atoms with Crippen molar-refractivity contribution in [3.05, 3.63) is 82.6 Å². The van der Waals surface area contributed by atoms with Crippen molar-refractivity contribution in [3.63, 3.8) is 0 Å². The highest BCUT2D eigenvalue weighted by Gasteiger charge is 2.13. The van der Waals surface area contributed by atoms with Gasteiger partial charge in [-0.25, -0.2) is 4.79 Å². The van der Waals surface area contributed by atoms with Gasteiger partial charge in [0.05, 0.1) is 18.3 Å². The summed E-state index contributed by atoms with van der Waals surface area (Å²) < 4.78 is 7.59. The molecule has 0 bridgehead atoms. The highest BCUT2D eigenvalue weighted by molar-refractivity contribution is 9.10. The number of nitrogens with zero attached hydrogens (tertiary/aromatic N) is 2. The lowest BCUT2D eigenvalue weighted by Crippen LogP contribution is -2.20. The predicted molar refractivity (Wildman–Crippen MR) is 101 cm³/mol. The number of carbonyl (C=O) groups excluding carboxylic acids is 2. The molecule has 0 saturated heterocycles. The molecule has 2 aromatic carbocycles. The van der Waals surface area contributed by atoms with Crippen LogP contribution in [0.2, 0.25) is 0 Å². The van der Waals surface area contributed by atoms with Gasteiger partial charge in [0.1, 0.15) is 0 Å². The Labute approximate surface area is 158 Å². The van der Waals surface area contributed by atoms with E-state index in [1.165, 1.54) is 6.20 Å². The lowest BCUT2D eigenvalue weighted by Gasteiger charge is -2.06. The molecule has 0 aliphatic rings. The largest absolute Gasteiger partial charge is 0.452 e. The van der Waals surface area contributed by atoms with E-state index >= 15 is 0 Å². The molecule has 1 heterocycles. The zero-order valence-electron chi connectivity index (χ0n) is 13.8. The first-order valence-electron chi connectivity index (χ1n) is 7.89. The highest BCUT2D eigenvalue weighted by Crippen LogP contribution is 2.14. The zero-order valence-corrected chi connectivity index (χ0v) is 15.3. The summed E-state index contributed by atoms with van der Waals surface area (Å²) in [6.07, 6.45) is 3.03. The van der Waals surface area contributed by atoms with Gasteiger partial charge in [-0.3, -0.25) is 9.48 Å². The molecule has 0 atom stereocenters. The zero-order chi connectivity index (χ0) is 18.4. The van der Waals surface area contributed by atoms with Gasteiger partial charge in [-0.2, -0.15) is 5.10 Å². The summed E-state index contributed by atoms with van der Waals surface area (Å²) in [5.74, 6) is -0.993. The minimum Gasteiger partial charge on any atom is -0.452 e. The minimum absolute atomic E-state index is 0.303. The maximum absolute atomic E-state index is 12.1. The van der Waals surface area contributed by atoms with Crippen molar-refractivity contribution in [1.82, 2.24) is 9.78 Å². The van der Waals surface area contributed by atoms with Gasteiger partial charge in [0.2, 0.25) is 0 Å². The third kappa shape index (κ3) is 5.03. The maximum atomic E-state index is 12.1. The topological polar surface area (TPSA) is 73.2 Å². The van der Waals surface area contributed by atoms with Crippen LogP contribution in [-0.2, 0) is 16.1 Å². The van der Waals surface area contributed by atoms with Gasteiger partial charge in [-0.05, 0) is 29.8 Å². The molecule has 26 heavy (non-hydrogen) atoms. The normalized spacial score (nSPS) is 10.3. The van der Waals surface area contributed by atoms with E-state index in [9.17, 15) is 9.59 Å². The van der Waals surface area contributed by atoms with Gasteiger partial charge in [0.15, 0.2) is 6.61 Å². The average molecular weight is 414 g/mol. The second-order valence-corrected chi connectivity index (χ2v) is 6.46. The van der Waals surface area contributed by atoms with Crippen molar-refractivity contribution in [3.8, 4) is 0 Å². The number of aromatic nitrogens is 2. The number of amides is 1. The Hall–Kier alpha value is -2.93. The third-order valence-electron chi connectivity index (χ3n) is 3.52. The van der Waals surface area contributed by atoms with E-state index in [2.05, 4.69) is 26.3 Å². The van der Waals surface area contributed by atoms with Crippen molar-refractivity contribution < 1.29 is 14.3 Å². The number of esters is 1. The Morgan fingerprint density at radius 3 is 2.54 bits per heavy atom. The molecule has 0 radical (unpaired) electrons. The summed E-state index contributed by atoms with van der Waals surface area (Å²) in [6.45, 7) is 0.191. The van der Waals surface area contributed by atoms with Crippen LogP contribution in [0, 0.1) is 0 Å². The lowest BCUT2D eigenvalue weighted by atomic mass is 10.2. The van der Waals surface area contributed by atoms with Crippen LogP contribution in [0.4, 0.5) is 5.69 Å². The Morgan fingerprint density at radius 1 is 1.08 bits per heavy atom. The van der Waals surface area contributed by atoms with E-state index in [4.69, 9.17) is 4.74 Å². The molecule has 7 heteroatoms. The molecule has 1 amide bonds. The van der Waals surface area contributed by atoms with Crippen LogP contribution < -0.4 is 5.32 Å². The fraction of sp³-hybridized carbons (Fsp3) is 0.105. The van der Waals surface area contributed by atoms with Crippen molar-refractivity contribution in [2.24, 2.45) is 0 Å². The molecule has 1 N–H and O–H groups in total. The number of ether oxygens (including phenoxy) is 1. The van der Waals surface area contributed by atoms with Gasteiger partial charge in [0, 0.05) is 16.4 Å². The summed E-state index contributed by atoms with van der Waals surface area (Å²) in [7, 11) is 0. The Bertz CT molecular complexity index is 892. The number of carbonyl (C=O) groups is 2. The van der Waals surface area contributed by atoms with Crippen LogP contribution in [0.15, 0.2) is 71.5 Å². The molecule has 0 aliphatic heterocycles. The van der Waals surface area contributed by atoms with E-state index in [0.717, 1.165) is 10.0 Å². The first-order valence-corrected chi connectivity index (χ1v) is 8.68. The van der Waals surface area contributed by atoms with Crippen LogP contribution in [0.3, 0.4) is 0 Å². The van der Waals surface area contributed by atoms with Gasteiger partial charge < -0.3 is 10.1 Å². The summed E-state index contributed by atoms with van der Waals surface area (Å²) >= 11 is 3.32. The molecule has 0 unspecified atom stereocenters. The number of anilines is 1. The van der Waals surface area contributed by atoms with Crippen LogP contribution >= 0.6 is 15.9 Å². The van der Waals surface area contributed by atoms with Crippen molar-refractivity contribution >= 4 is 33.5 Å². The molecular formula is C19H16BrN3O3. The number of hydrogen-bond acceptors (Lipinski definition) is 4. The maximum Gasteiger partial charge on any atom is 0.341 e. The van der Waals surface area contributed by atoms with Crippen LogP contribution in [-0.4, -0.2) is 28.3 Å². The van der Waals surface area contributed by atoms with Crippen LogP contribution in [0.1, 0.15) is 15.9 Å². The fourth-order valence-electron chi connectivity index (χ4n) is 2.27. The van der Waals surface area contributed by atoms with Crippen LogP contribution in [0.25, 0.3) is 0 Å². The standard InChI is InChI=1S/C19H16BrN3O3/c20-16-6-8-17(9-7-16)22-18(24)13-26-19(25)15-10-21-23(12-15)11-14-4-2-1-3-5-14/h1-10,12H,11,13H2,(H,22,24). The third-order valence-corrected chi connectivity index (χ3v) is 4.05. The van der Waals surface area contributed by atoms with Crippen molar-refractivity contribution in [2.75, 3.05) is 11.9 Å². The number of benzene rings is 2. The monoisotopic (exact) mass is 413 g/mol. The van der Waals surface area contributed by atoms with Crippen molar-refractivity contribution in [2.45, 2.75) is 6.54 Å². The van der Waals surface area contributed by atoms with Gasteiger partial charge in [-0.1, -0.05) is 46.3 Å². The van der Waals surface area contributed by atoms with Crippen molar-refractivity contribution in [1.29, 1.82) is 0 Å². The fourth-order valence-corrected chi connectivity index (χ4v) is 2.53. The van der Waals surface area contributed by atoms with Gasteiger partial charge in [-0.15, -0.1) is 0 Å². The summed E-state index contributed by atoms with van der Waals surface area (Å²) in [4.78, 5) is 23.9.